The van der Waals surface area contributed by atoms with Crippen molar-refractivity contribution in [1.82, 2.24) is 0 Å². The Balaban J connectivity index is 2.62. The summed E-state index contributed by atoms with van der Waals surface area (Å²) in [6.45, 7) is -0.458. The van der Waals surface area contributed by atoms with Crippen LogP contribution in [0.25, 0.3) is 0 Å². The topological polar surface area (TPSA) is 69.9 Å². The first kappa shape index (κ1) is 12.3. The van der Waals surface area contributed by atoms with Crippen LogP contribution < -0.4 is 4.74 Å². The van der Waals surface area contributed by atoms with Gasteiger partial charge in [0.25, 0.3) is 0 Å². The lowest BCUT2D eigenvalue weighted by Gasteiger charge is -2.11. The van der Waals surface area contributed by atoms with Crippen LogP contribution in [0.4, 0.5) is 0 Å². The van der Waals surface area contributed by atoms with Gasteiger partial charge < -0.3 is 20.1 Å². The summed E-state index contributed by atoms with van der Waals surface area (Å²) in [5.74, 6) is 0.418. The number of hydrogen-bond acceptors (Lipinski definition) is 4. The van der Waals surface area contributed by atoms with Gasteiger partial charge in [0, 0.05) is 0 Å². The molecule has 0 aromatic heterocycles. The molecule has 0 fully saturated rings. The lowest BCUT2D eigenvalue weighted by atomic mass is 10.2. The van der Waals surface area contributed by atoms with Crippen LogP contribution in [-0.2, 0) is 6.61 Å². The van der Waals surface area contributed by atoms with Gasteiger partial charge in [-0.05, 0) is 17.7 Å². The van der Waals surface area contributed by atoms with Crippen LogP contribution >= 0.6 is 11.6 Å². The molecule has 0 saturated carbocycles. The molecule has 0 aliphatic carbocycles. The van der Waals surface area contributed by atoms with E-state index < -0.39 is 6.10 Å². The van der Waals surface area contributed by atoms with Crippen molar-refractivity contribution < 1.29 is 20.1 Å². The van der Waals surface area contributed by atoms with Crippen LogP contribution in [0, 0.1) is 0 Å². The minimum atomic E-state index is -0.918. The molecule has 1 unspecified atom stereocenters. The second-order valence-corrected chi connectivity index (χ2v) is 3.48. The monoisotopic (exact) mass is 232 g/mol. The molecule has 0 bridgehead atoms. The quantitative estimate of drug-likeness (QED) is 0.694. The van der Waals surface area contributed by atoms with Crippen molar-refractivity contribution in [3.63, 3.8) is 0 Å². The van der Waals surface area contributed by atoms with Gasteiger partial charge in [-0.25, -0.2) is 0 Å². The third-order valence-corrected chi connectivity index (χ3v) is 2.12. The molecule has 0 amide bonds. The Hall–Kier alpha value is -0.810. The molecule has 0 spiro atoms. The lowest BCUT2D eigenvalue weighted by molar-refractivity contribution is 0.0536. The number of hydrogen-bond donors (Lipinski definition) is 3. The molecule has 15 heavy (non-hydrogen) atoms. The summed E-state index contributed by atoms with van der Waals surface area (Å²) in [6.07, 6.45) is -0.918. The van der Waals surface area contributed by atoms with E-state index in [-0.39, 0.29) is 19.8 Å². The molecule has 0 saturated heterocycles. The predicted molar refractivity (Wildman–Crippen MR) is 56.0 cm³/mol. The molecule has 1 atom stereocenters. The van der Waals surface area contributed by atoms with E-state index in [4.69, 9.17) is 31.7 Å². The molecule has 0 aliphatic rings. The van der Waals surface area contributed by atoms with E-state index in [9.17, 15) is 0 Å². The van der Waals surface area contributed by atoms with Gasteiger partial charge in [0.05, 0.1) is 18.2 Å². The second kappa shape index (κ2) is 5.92. The Kier molecular flexibility index (Phi) is 4.84. The van der Waals surface area contributed by atoms with Crippen LogP contribution in [0.2, 0.25) is 5.02 Å². The third kappa shape index (κ3) is 3.68. The summed E-state index contributed by atoms with van der Waals surface area (Å²) < 4.78 is 5.17. The Morgan fingerprint density at radius 3 is 2.60 bits per heavy atom. The highest BCUT2D eigenvalue weighted by Crippen LogP contribution is 2.25. The lowest BCUT2D eigenvalue weighted by Crippen LogP contribution is -2.21. The molecule has 5 heteroatoms. The fourth-order valence-corrected chi connectivity index (χ4v) is 1.26. The predicted octanol–water partition coefficient (Wildman–Crippen LogP) is 0.564. The van der Waals surface area contributed by atoms with Gasteiger partial charge in [0.2, 0.25) is 0 Å². The number of rotatable bonds is 5. The van der Waals surface area contributed by atoms with Crippen molar-refractivity contribution >= 4 is 11.6 Å². The van der Waals surface area contributed by atoms with Gasteiger partial charge in [-0.2, -0.15) is 0 Å². The molecule has 1 aromatic rings. The van der Waals surface area contributed by atoms with Crippen molar-refractivity contribution in [3.05, 3.63) is 28.8 Å². The van der Waals surface area contributed by atoms with Crippen LogP contribution in [0.5, 0.6) is 5.75 Å². The molecule has 0 aliphatic heterocycles. The molecular formula is C10H13ClO4. The fourth-order valence-electron chi connectivity index (χ4n) is 0.998. The minimum absolute atomic E-state index is 0.0192. The first-order valence-corrected chi connectivity index (χ1v) is 4.86. The van der Waals surface area contributed by atoms with Gasteiger partial charge in [-0.1, -0.05) is 17.7 Å². The SMILES string of the molecule is OCc1ccc(OCC(O)CO)c(Cl)c1. The van der Waals surface area contributed by atoms with E-state index in [1.54, 1.807) is 18.2 Å². The van der Waals surface area contributed by atoms with E-state index in [1.807, 2.05) is 0 Å². The van der Waals surface area contributed by atoms with E-state index in [0.29, 0.717) is 16.3 Å². The molecule has 0 radical (unpaired) electrons. The highest BCUT2D eigenvalue weighted by atomic mass is 35.5. The molecule has 84 valence electrons. The van der Waals surface area contributed by atoms with Crippen molar-refractivity contribution in [1.29, 1.82) is 0 Å². The number of benzene rings is 1. The molecule has 1 rings (SSSR count). The molecule has 0 heterocycles. The summed E-state index contributed by atoms with van der Waals surface area (Å²) in [5, 5.41) is 26.8. The summed E-state index contributed by atoms with van der Waals surface area (Å²) in [5.41, 5.74) is 0.690. The number of aliphatic hydroxyl groups is 3. The van der Waals surface area contributed by atoms with E-state index in [0.717, 1.165) is 0 Å². The Morgan fingerprint density at radius 1 is 1.33 bits per heavy atom. The highest BCUT2D eigenvalue weighted by Gasteiger charge is 2.06. The molecule has 4 nitrogen and oxygen atoms in total. The molecule has 1 aromatic carbocycles. The van der Waals surface area contributed by atoms with Crippen molar-refractivity contribution in [3.8, 4) is 5.75 Å². The van der Waals surface area contributed by atoms with E-state index >= 15 is 0 Å². The Labute approximate surface area is 92.7 Å². The van der Waals surface area contributed by atoms with E-state index in [2.05, 4.69) is 0 Å². The van der Waals surface area contributed by atoms with Crippen molar-refractivity contribution in [2.75, 3.05) is 13.2 Å². The first-order valence-electron chi connectivity index (χ1n) is 4.48. The standard InChI is InChI=1S/C10H13ClO4/c11-9-3-7(4-12)1-2-10(9)15-6-8(14)5-13/h1-3,8,12-14H,4-6H2. The van der Waals surface area contributed by atoms with Crippen molar-refractivity contribution in [2.45, 2.75) is 12.7 Å². The number of aliphatic hydroxyl groups excluding tert-OH is 3. The minimum Gasteiger partial charge on any atom is -0.489 e. The summed E-state index contributed by atoms with van der Waals surface area (Å²) in [7, 11) is 0. The zero-order valence-corrected chi connectivity index (χ0v) is 8.81. The van der Waals surface area contributed by atoms with Crippen LogP contribution in [-0.4, -0.2) is 34.6 Å². The maximum atomic E-state index is 9.05. The fraction of sp³-hybridized carbons (Fsp3) is 0.400. The molecule has 3 N–H and O–H groups in total. The normalized spacial score (nSPS) is 12.5. The van der Waals surface area contributed by atoms with E-state index in [1.165, 1.54) is 0 Å². The maximum absolute atomic E-state index is 9.05. The van der Waals surface area contributed by atoms with Crippen LogP contribution in [0.1, 0.15) is 5.56 Å². The Bertz CT molecular complexity index is 316. The van der Waals surface area contributed by atoms with Gasteiger partial charge in [0.15, 0.2) is 0 Å². The smallest absolute Gasteiger partial charge is 0.138 e. The van der Waals surface area contributed by atoms with Crippen molar-refractivity contribution in [2.24, 2.45) is 0 Å². The average Bonchev–Trinajstić information content (AvgIpc) is 2.26. The van der Waals surface area contributed by atoms with Gasteiger partial charge in [-0.3, -0.25) is 0 Å². The maximum Gasteiger partial charge on any atom is 0.138 e. The Morgan fingerprint density at radius 2 is 2.07 bits per heavy atom. The second-order valence-electron chi connectivity index (χ2n) is 3.07. The van der Waals surface area contributed by atoms with Gasteiger partial charge >= 0.3 is 0 Å². The largest absolute Gasteiger partial charge is 0.489 e. The zero-order valence-electron chi connectivity index (χ0n) is 8.06. The number of halogens is 1. The molecular weight excluding hydrogens is 220 g/mol. The summed E-state index contributed by atoms with van der Waals surface area (Å²) >= 11 is 5.85. The van der Waals surface area contributed by atoms with Gasteiger partial charge in [-0.15, -0.1) is 0 Å². The summed E-state index contributed by atoms with van der Waals surface area (Å²) in [4.78, 5) is 0. The highest BCUT2D eigenvalue weighted by molar-refractivity contribution is 6.32. The van der Waals surface area contributed by atoms with Crippen LogP contribution in [0.3, 0.4) is 0 Å². The first-order chi connectivity index (χ1) is 7.17. The third-order valence-electron chi connectivity index (χ3n) is 1.82. The van der Waals surface area contributed by atoms with Crippen LogP contribution in [0.15, 0.2) is 18.2 Å². The number of ether oxygens (including phenoxy) is 1. The zero-order chi connectivity index (χ0) is 11.3. The van der Waals surface area contributed by atoms with Gasteiger partial charge in [0.1, 0.15) is 18.5 Å². The summed E-state index contributed by atoms with van der Waals surface area (Å²) in [6, 6.07) is 4.87. The average molecular weight is 233 g/mol.